The second-order valence-corrected chi connectivity index (χ2v) is 6.37. The Hall–Kier alpha value is -2.62. The highest BCUT2D eigenvalue weighted by Crippen LogP contribution is 2.19. The van der Waals surface area contributed by atoms with Crippen molar-refractivity contribution in [2.45, 2.75) is 19.9 Å². The Morgan fingerprint density at radius 1 is 1.17 bits per heavy atom. The molecule has 160 valence electrons. The van der Waals surface area contributed by atoms with E-state index in [1.165, 1.54) is 12.1 Å². The molecule has 6 nitrogen and oxygen atoms in total. The van der Waals surface area contributed by atoms with E-state index in [2.05, 4.69) is 20.6 Å². The zero-order valence-electron chi connectivity index (χ0n) is 17.0. The van der Waals surface area contributed by atoms with Gasteiger partial charge in [0.15, 0.2) is 5.96 Å². The number of ether oxygens (including phenoxy) is 1. The molecule has 0 saturated heterocycles. The maximum absolute atomic E-state index is 13.0. The molecule has 2 aromatic carbocycles. The van der Waals surface area contributed by atoms with Gasteiger partial charge >= 0.3 is 0 Å². The molecular formula is C22H26FIN4O2. The minimum absolute atomic E-state index is 0. The lowest BCUT2D eigenvalue weighted by Crippen LogP contribution is -2.38. The van der Waals surface area contributed by atoms with E-state index in [4.69, 9.17) is 9.15 Å². The zero-order valence-corrected chi connectivity index (χ0v) is 19.4. The summed E-state index contributed by atoms with van der Waals surface area (Å²) in [6.07, 6.45) is 2.30. The number of rotatable bonds is 8. The molecule has 0 fully saturated rings. The summed E-state index contributed by atoms with van der Waals surface area (Å²) < 4.78 is 23.8. The summed E-state index contributed by atoms with van der Waals surface area (Å²) in [5.74, 6) is 1.75. The van der Waals surface area contributed by atoms with Gasteiger partial charge in [-0.1, -0.05) is 12.1 Å². The molecule has 0 saturated carbocycles. The predicted octanol–water partition coefficient (Wildman–Crippen LogP) is 4.41. The highest BCUT2D eigenvalue weighted by atomic mass is 127. The van der Waals surface area contributed by atoms with Gasteiger partial charge in [-0.3, -0.25) is 0 Å². The summed E-state index contributed by atoms with van der Waals surface area (Å²) >= 11 is 0. The van der Waals surface area contributed by atoms with Crippen molar-refractivity contribution in [3.05, 3.63) is 71.9 Å². The minimum atomic E-state index is -0.283. The minimum Gasteiger partial charge on any atom is -0.497 e. The number of hydrogen-bond acceptors (Lipinski definition) is 4. The summed E-state index contributed by atoms with van der Waals surface area (Å²) in [5.41, 5.74) is 2.64. The van der Waals surface area contributed by atoms with Crippen LogP contribution >= 0.6 is 24.0 Å². The van der Waals surface area contributed by atoms with Crippen LogP contribution in [0.5, 0.6) is 5.75 Å². The van der Waals surface area contributed by atoms with Crippen molar-refractivity contribution < 1.29 is 13.5 Å². The standard InChI is InChI=1S/C22H25FN4O2.HI/c1-3-24-22(26-14-16-5-4-6-20(13-16)28-2)25-12-11-19-15-29-21(27-19)17-7-9-18(23)10-8-17;/h4-10,13,15H,3,11-12,14H2,1-2H3,(H2,24,25,26);1H. The highest BCUT2D eigenvalue weighted by molar-refractivity contribution is 14.0. The van der Waals surface area contributed by atoms with E-state index < -0.39 is 0 Å². The molecule has 0 aliphatic carbocycles. The lowest BCUT2D eigenvalue weighted by molar-refractivity contribution is 0.414. The average Bonchev–Trinajstić information content (AvgIpc) is 3.21. The highest BCUT2D eigenvalue weighted by Gasteiger charge is 2.07. The van der Waals surface area contributed by atoms with E-state index in [9.17, 15) is 4.39 Å². The summed E-state index contributed by atoms with van der Waals surface area (Å²) in [7, 11) is 1.65. The molecule has 0 radical (unpaired) electrons. The number of aromatic nitrogens is 1. The van der Waals surface area contributed by atoms with Crippen LogP contribution in [0.2, 0.25) is 0 Å². The van der Waals surface area contributed by atoms with E-state index in [1.54, 1.807) is 25.5 Å². The Labute approximate surface area is 193 Å². The van der Waals surface area contributed by atoms with Gasteiger partial charge in [-0.15, -0.1) is 24.0 Å². The molecule has 0 bridgehead atoms. The van der Waals surface area contributed by atoms with Gasteiger partial charge in [0.2, 0.25) is 5.89 Å². The Morgan fingerprint density at radius 2 is 1.97 bits per heavy atom. The van der Waals surface area contributed by atoms with Gasteiger partial charge in [0.25, 0.3) is 0 Å². The van der Waals surface area contributed by atoms with E-state index in [0.717, 1.165) is 35.1 Å². The SMILES string of the molecule is CCNC(=NCc1cccc(OC)c1)NCCc1coc(-c2ccc(F)cc2)n1.I. The van der Waals surface area contributed by atoms with Gasteiger partial charge in [-0.25, -0.2) is 14.4 Å². The second kappa shape index (κ2) is 12.2. The molecule has 0 spiro atoms. The van der Waals surface area contributed by atoms with Crippen LogP contribution in [0.25, 0.3) is 11.5 Å². The third-order valence-electron chi connectivity index (χ3n) is 4.21. The summed E-state index contributed by atoms with van der Waals surface area (Å²) in [6.45, 7) is 3.99. The van der Waals surface area contributed by atoms with Gasteiger partial charge in [0.1, 0.15) is 17.8 Å². The number of hydrogen-bond donors (Lipinski definition) is 2. The van der Waals surface area contributed by atoms with Crippen LogP contribution in [-0.2, 0) is 13.0 Å². The van der Waals surface area contributed by atoms with Crippen molar-refractivity contribution in [2.24, 2.45) is 4.99 Å². The number of nitrogens with one attached hydrogen (secondary N) is 2. The van der Waals surface area contributed by atoms with Crippen LogP contribution in [0.4, 0.5) is 4.39 Å². The zero-order chi connectivity index (χ0) is 20.5. The van der Waals surface area contributed by atoms with Gasteiger partial charge in [0, 0.05) is 25.1 Å². The number of guanidine groups is 1. The Kier molecular flexibility index (Phi) is 9.59. The number of methoxy groups -OCH3 is 1. The molecule has 3 aromatic rings. The normalized spacial score (nSPS) is 11.0. The monoisotopic (exact) mass is 524 g/mol. The molecule has 0 aliphatic heterocycles. The molecule has 2 N–H and O–H groups in total. The van der Waals surface area contributed by atoms with Crippen LogP contribution in [0.1, 0.15) is 18.2 Å². The van der Waals surface area contributed by atoms with Gasteiger partial charge in [-0.05, 0) is 48.9 Å². The molecule has 3 rings (SSSR count). The van der Waals surface area contributed by atoms with Crippen molar-refractivity contribution in [1.29, 1.82) is 0 Å². The first-order valence-corrected chi connectivity index (χ1v) is 9.53. The second-order valence-electron chi connectivity index (χ2n) is 6.37. The number of benzene rings is 2. The first-order valence-electron chi connectivity index (χ1n) is 9.53. The quantitative estimate of drug-likeness (QED) is 0.260. The maximum atomic E-state index is 13.0. The van der Waals surface area contributed by atoms with E-state index in [-0.39, 0.29) is 29.8 Å². The Morgan fingerprint density at radius 3 is 2.70 bits per heavy atom. The molecule has 0 atom stereocenters. The van der Waals surface area contributed by atoms with Crippen LogP contribution < -0.4 is 15.4 Å². The third-order valence-corrected chi connectivity index (χ3v) is 4.21. The number of nitrogens with zero attached hydrogens (tertiary/aromatic N) is 2. The van der Waals surface area contributed by atoms with Gasteiger partial charge < -0.3 is 19.8 Å². The van der Waals surface area contributed by atoms with Crippen molar-refractivity contribution in [3.63, 3.8) is 0 Å². The average molecular weight is 524 g/mol. The van der Waals surface area contributed by atoms with E-state index >= 15 is 0 Å². The van der Waals surface area contributed by atoms with Crippen molar-refractivity contribution in [1.82, 2.24) is 15.6 Å². The number of oxazole rings is 1. The Bertz CT molecular complexity index is 944. The fourth-order valence-corrected chi connectivity index (χ4v) is 2.74. The summed E-state index contributed by atoms with van der Waals surface area (Å²) in [6, 6.07) is 13.9. The predicted molar refractivity (Wildman–Crippen MR) is 127 cm³/mol. The van der Waals surface area contributed by atoms with Crippen molar-refractivity contribution in [3.8, 4) is 17.2 Å². The third kappa shape index (κ3) is 7.01. The van der Waals surface area contributed by atoms with E-state index in [0.29, 0.717) is 25.4 Å². The maximum Gasteiger partial charge on any atom is 0.226 e. The lowest BCUT2D eigenvalue weighted by Gasteiger charge is -2.10. The van der Waals surface area contributed by atoms with Crippen LogP contribution in [0.15, 0.2) is 64.2 Å². The fraction of sp³-hybridized carbons (Fsp3) is 0.273. The lowest BCUT2D eigenvalue weighted by atomic mass is 10.2. The molecule has 1 aromatic heterocycles. The number of aliphatic imine (C=N–C) groups is 1. The first-order chi connectivity index (χ1) is 14.2. The summed E-state index contributed by atoms with van der Waals surface area (Å²) in [5, 5.41) is 6.53. The van der Waals surface area contributed by atoms with Gasteiger partial charge in [-0.2, -0.15) is 0 Å². The molecule has 0 aliphatic rings. The fourth-order valence-electron chi connectivity index (χ4n) is 2.74. The van der Waals surface area contributed by atoms with Crippen molar-refractivity contribution in [2.75, 3.05) is 20.2 Å². The number of halogens is 2. The van der Waals surface area contributed by atoms with Crippen molar-refractivity contribution >= 4 is 29.9 Å². The molecule has 8 heteroatoms. The Balaban J connectivity index is 0.00000320. The smallest absolute Gasteiger partial charge is 0.226 e. The van der Waals surface area contributed by atoms with Crippen LogP contribution in [-0.4, -0.2) is 31.1 Å². The largest absolute Gasteiger partial charge is 0.497 e. The molecule has 1 heterocycles. The topological polar surface area (TPSA) is 71.7 Å². The van der Waals surface area contributed by atoms with Gasteiger partial charge in [0.05, 0.1) is 19.3 Å². The van der Waals surface area contributed by atoms with Crippen LogP contribution in [0.3, 0.4) is 0 Å². The molecule has 30 heavy (non-hydrogen) atoms. The molecular weight excluding hydrogens is 498 g/mol. The van der Waals surface area contributed by atoms with Crippen LogP contribution in [0, 0.1) is 5.82 Å². The molecule has 0 unspecified atom stereocenters. The first kappa shape index (κ1) is 23.7. The van der Waals surface area contributed by atoms with E-state index in [1.807, 2.05) is 31.2 Å². The molecule has 0 amide bonds. The summed E-state index contributed by atoms with van der Waals surface area (Å²) in [4.78, 5) is 9.07.